The SMILES string of the molecule is CCS(=O)(=O)N1CCC(N2CCC(C)CC2)CC1.O=C(O)C(=O)O. The van der Waals surface area contributed by atoms with E-state index >= 15 is 0 Å². The number of aliphatic carboxylic acids is 2. The van der Waals surface area contributed by atoms with Crippen molar-refractivity contribution in [3.63, 3.8) is 0 Å². The number of carbonyl (C=O) groups is 2. The molecule has 2 N–H and O–H groups in total. The van der Waals surface area contributed by atoms with Gasteiger partial charge < -0.3 is 15.1 Å². The van der Waals surface area contributed by atoms with Gasteiger partial charge in [-0.1, -0.05) is 6.92 Å². The molecule has 2 aliphatic heterocycles. The molecule has 24 heavy (non-hydrogen) atoms. The molecule has 0 aromatic heterocycles. The Labute approximate surface area is 143 Å². The Morgan fingerprint density at radius 2 is 1.42 bits per heavy atom. The van der Waals surface area contributed by atoms with Gasteiger partial charge in [-0.3, -0.25) is 0 Å². The third-order valence-electron chi connectivity index (χ3n) is 4.70. The van der Waals surface area contributed by atoms with Crippen molar-refractivity contribution >= 4 is 22.0 Å². The summed E-state index contributed by atoms with van der Waals surface area (Å²) in [5.41, 5.74) is 0. The smallest absolute Gasteiger partial charge is 0.414 e. The van der Waals surface area contributed by atoms with E-state index < -0.39 is 22.0 Å². The Kier molecular flexibility index (Phi) is 8.11. The second kappa shape index (κ2) is 9.33. The molecule has 0 amide bonds. The molecule has 2 fully saturated rings. The number of sulfonamides is 1. The largest absolute Gasteiger partial charge is 0.473 e. The molecule has 0 unspecified atom stereocenters. The van der Waals surface area contributed by atoms with Gasteiger partial charge in [0.15, 0.2) is 0 Å². The van der Waals surface area contributed by atoms with Gasteiger partial charge >= 0.3 is 11.9 Å². The fraction of sp³-hybridized carbons (Fsp3) is 0.867. The van der Waals surface area contributed by atoms with E-state index in [1.807, 2.05) is 0 Å². The molecular formula is C15H28N2O6S. The first-order valence-corrected chi connectivity index (χ1v) is 9.96. The van der Waals surface area contributed by atoms with Crippen LogP contribution in [0.4, 0.5) is 0 Å². The molecule has 140 valence electrons. The van der Waals surface area contributed by atoms with E-state index in [2.05, 4.69) is 11.8 Å². The molecule has 0 aliphatic carbocycles. The Balaban J connectivity index is 0.000000413. The van der Waals surface area contributed by atoms with E-state index in [1.165, 1.54) is 25.9 Å². The third kappa shape index (κ3) is 6.37. The molecule has 0 spiro atoms. The second-order valence-electron chi connectivity index (χ2n) is 6.36. The number of rotatable bonds is 3. The van der Waals surface area contributed by atoms with Crippen LogP contribution >= 0.6 is 0 Å². The maximum Gasteiger partial charge on any atom is 0.414 e. The summed E-state index contributed by atoms with van der Waals surface area (Å²) in [6.07, 6.45) is 4.61. The summed E-state index contributed by atoms with van der Waals surface area (Å²) in [6.45, 7) is 7.89. The number of hydrogen-bond donors (Lipinski definition) is 2. The summed E-state index contributed by atoms with van der Waals surface area (Å²) in [4.78, 5) is 20.8. The van der Waals surface area contributed by atoms with Crippen LogP contribution in [0.3, 0.4) is 0 Å². The van der Waals surface area contributed by atoms with Crippen LogP contribution in [-0.4, -0.2) is 77.7 Å². The summed E-state index contributed by atoms with van der Waals surface area (Å²) >= 11 is 0. The minimum absolute atomic E-state index is 0.235. The summed E-state index contributed by atoms with van der Waals surface area (Å²) in [5, 5.41) is 14.8. The quantitative estimate of drug-likeness (QED) is 0.708. The summed E-state index contributed by atoms with van der Waals surface area (Å²) < 4.78 is 25.3. The van der Waals surface area contributed by atoms with Crippen LogP contribution in [-0.2, 0) is 19.6 Å². The van der Waals surface area contributed by atoms with Gasteiger partial charge in [0.05, 0.1) is 5.75 Å². The Morgan fingerprint density at radius 1 is 0.958 bits per heavy atom. The summed E-state index contributed by atoms with van der Waals surface area (Å²) in [6, 6.07) is 0.612. The fourth-order valence-corrected chi connectivity index (χ4v) is 4.19. The van der Waals surface area contributed by atoms with Crippen LogP contribution in [0.5, 0.6) is 0 Å². The molecule has 2 saturated heterocycles. The molecule has 0 radical (unpaired) electrons. The van der Waals surface area contributed by atoms with Crippen molar-refractivity contribution in [1.29, 1.82) is 0 Å². The highest BCUT2D eigenvalue weighted by Crippen LogP contribution is 2.24. The average molecular weight is 364 g/mol. The monoisotopic (exact) mass is 364 g/mol. The van der Waals surface area contributed by atoms with E-state index in [-0.39, 0.29) is 5.75 Å². The minimum atomic E-state index is -2.97. The molecule has 0 bridgehead atoms. The van der Waals surface area contributed by atoms with Crippen molar-refractivity contribution in [3.05, 3.63) is 0 Å². The maximum atomic E-state index is 11.8. The number of carboxylic acids is 2. The summed E-state index contributed by atoms with van der Waals surface area (Å²) in [5.74, 6) is -2.55. The van der Waals surface area contributed by atoms with Gasteiger partial charge in [-0.2, -0.15) is 0 Å². The van der Waals surface area contributed by atoms with Crippen molar-refractivity contribution in [2.24, 2.45) is 5.92 Å². The molecule has 0 aromatic carbocycles. The molecule has 0 atom stereocenters. The highest BCUT2D eigenvalue weighted by Gasteiger charge is 2.30. The van der Waals surface area contributed by atoms with Gasteiger partial charge in [-0.05, 0) is 51.6 Å². The van der Waals surface area contributed by atoms with Crippen molar-refractivity contribution in [2.75, 3.05) is 31.9 Å². The van der Waals surface area contributed by atoms with E-state index in [9.17, 15) is 8.42 Å². The van der Waals surface area contributed by atoms with E-state index in [1.54, 1.807) is 11.2 Å². The van der Waals surface area contributed by atoms with E-state index in [4.69, 9.17) is 19.8 Å². The van der Waals surface area contributed by atoms with Crippen molar-refractivity contribution in [1.82, 2.24) is 9.21 Å². The van der Waals surface area contributed by atoms with Gasteiger partial charge in [0.1, 0.15) is 0 Å². The molecule has 0 saturated carbocycles. The van der Waals surface area contributed by atoms with Gasteiger partial charge in [0.2, 0.25) is 10.0 Å². The number of piperidine rings is 2. The first-order valence-electron chi connectivity index (χ1n) is 8.35. The van der Waals surface area contributed by atoms with Crippen molar-refractivity contribution < 1.29 is 28.2 Å². The van der Waals surface area contributed by atoms with Crippen molar-refractivity contribution in [3.8, 4) is 0 Å². The van der Waals surface area contributed by atoms with Gasteiger partial charge in [-0.25, -0.2) is 22.3 Å². The van der Waals surface area contributed by atoms with Crippen molar-refractivity contribution in [2.45, 2.75) is 45.6 Å². The van der Waals surface area contributed by atoms with Crippen LogP contribution in [0.1, 0.15) is 39.5 Å². The number of likely N-dealkylation sites (tertiary alicyclic amines) is 1. The minimum Gasteiger partial charge on any atom is -0.473 e. The highest BCUT2D eigenvalue weighted by atomic mass is 32.2. The lowest BCUT2D eigenvalue weighted by Crippen LogP contribution is -2.49. The van der Waals surface area contributed by atoms with Gasteiger partial charge in [0, 0.05) is 19.1 Å². The lowest BCUT2D eigenvalue weighted by Gasteiger charge is -2.40. The van der Waals surface area contributed by atoms with Crippen LogP contribution < -0.4 is 0 Å². The molecule has 8 nitrogen and oxygen atoms in total. The number of nitrogens with zero attached hydrogens (tertiary/aromatic N) is 2. The van der Waals surface area contributed by atoms with Crippen LogP contribution in [0.25, 0.3) is 0 Å². The van der Waals surface area contributed by atoms with Crippen LogP contribution in [0, 0.1) is 5.92 Å². The average Bonchev–Trinajstić information content (AvgIpc) is 2.56. The number of carboxylic acid groups (broad SMARTS) is 2. The predicted octanol–water partition coefficient (Wildman–Crippen LogP) is 0.688. The molecule has 2 aliphatic rings. The van der Waals surface area contributed by atoms with Crippen LogP contribution in [0.2, 0.25) is 0 Å². The third-order valence-corrected chi connectivity index (χ3v) is 6.58. The first-order chi connectivity index (χ1) is 11.2. The van der Waals surface area contributed by atoms with Crippen LogP contribution in [0.15, 0.2) is 0 Å². The predicted molar refractivity (Wildman–Crippen MR) is 89.3 cm³/mol. The topological polar surface area (TPSA) is 115 Å². The second-order valence-corrected chi connectivity index (χ2v) is 8.62. The molecular weight excluding hydrogens is 336 g/mol. The Morgan fingerprint density at radius 3 is 1.79 bits per heavy atom. The van der Waals surface area contributed by atoms with Gasteiger partial charge in [-0.15, -0.1) is 0 Å². The normalized spacial score (nSPS) is 21.8. The molecule has 2 rings (SSSR count). The zero-order chi connectivity index (χ0) is 18.3. The van der Waals surface area contributed by atoms with E-state index in [0.29, 0.717) is 19.1 Å². The zero-order valence-corrected chi connectivity index (χ0v) is 15.2. The first kappa shape index (κ1) is 20.9. The fourth-order valence-electron chi connectivity index (χ4n) is 3.06. The lowest BCUT2D eigenvalue weighted by molar-refractivity contribution is -0.159. The standard InChI is InChI=1S/C13H26N2O2S.C2H2O4/c1-3-18(16,17)15-10-6-13(7-11-15)14-8-4-12(2)5-9-14;3-1(4)2(5)6/h12-13H,3-11H2,1-2H3;(H,3,4)(H,5,6). The maximum absolute atomic E-state index is 11.8. The zero-order valence-electron chi connectivity index (χ0n) is 14.3. The molecule has 9 heteroatoms. The number of hydrogen-bond acceptors (Lipinski definition) is 5. The summed E-state index contributed by atoms with van der Waals surface area (Å²) in [7, 11) is -2.97. The lowest BCUT2D eigenvalue weighted by atomic mass is 9.95. The van der Waals surface area contributed by atoms with E-state index in [0.717, 1.165) is 18.8 Å². The molecule has 0 aromatic rings. The van der Waals surface area contributed by atoms with Gasteiger partial charge in [0.25, 0.3) is 0 Å². The molecule has 2 heterocycles. The Hall–Kier alpha value is -1.19. The Bertz CT molecular complexity index is 508. The highest BCUT2D eigenvalue weighted by molar-refractivity contribution is 7.89.